The van der Waals surface area contributed by atoms with E-state index in [2.05, 4.69) is 17.1 Å². The third-order valence-corrected chi connectivity index (χ3v) is 1.75. The third kappa shape index (κ3) is 3.43. The Kier molecular flexibility index (Phi) is 4.55. The van der Waals surface area contributed by atoms with Crippen molar-refractivity contribution in [2.24, 2.45) is 0 Å². The van der Waals surface area contributed by atoms with Crippen molar-refractivity contribution >= 4 is 0 Å². The zero-order chi connectivity index (χ0) is 10.4. The van der Waals surface area contributed by atoms with Gasteiger partial charge in [-0.25, -0.2) is 0 Å². The van der Waals surface area contributed by atoms with Gasteiger partial charge in [0.15, 0.2) is 5.82 Å². The Balaban J connectivity index is 2.42. The van der Waals surface area contributed by atoms with Crippen LogP contribution in [0.15, 0.2) is 4.52 Å². The van der Waals surface area contributed by atoms with Gasteiger partial charge in [-0.1, -0.05) is 12.1 Å². The lowest BCUT2D eigenvalue weighted by Crippen LogP contribution is -2.17. The number of aromatic nitrogens is 2. The van der Waals surface area contributed by atoms with E-state index in [1.807, 2.05) is 0 Å². The van der Waals surface area contributed by atoms with Crippen LogP contribution in [0.1, 0.15) is 25.1 Å². The van der Waals surface area contributed by atoms with Gasteiger partial charge in [0.1, 0.15) is 0 Å². The minimum atomic E-state index is -0.574. The monoisotopic (exact) mass is 200 g/mol. The lowest BCUT2D eigenvalue weighted by Gasteiger charge is -2.04. The van der Waals surface area contributed by atoms with Gasteiger partial charge in [0.25, 0.3) is 0 Å². The lowest BCUT2D eigenvalue weighted by molar-refractivity contribution is 0.0599. The molecule has 1 heterocycles. The van der Waals surface area contributed by atoms with Gasteiger partial charge in [-0.15, -0.1) is 0 Å². The molecule has 1 rings (SSSR count). The highest BCUT2D eigenvalue weighted by Crippen LogP contribution is 2.03. The van der Waals surface area contributed by atoms with E-state index in [1.54, 1.807) is 7.11 Å². The van der Waals surface area contributed by atoms with Crippen LogP contribution in [0.25, 0.3) is 0 Å². The minimum absolute atomic E-state index is 0.283. The van der Waals surface area contributed by atoms with Gasteiger partial charge in [0.05, 0.1) is 19.1 Å². The number of hydrogen-bond donors (Lipinski definition) is 1. The quantitative estimate of drug-likeness (QED) is 0.727. The summed E-state index contributed by atoms with van der Waals surface area (Å²) in [7, 11) is 1.54. The fourth-order valence-corrected chi connectivity index (χ4v) is 1.15. The van der Waals surface area contributed by atoms with Crippen molar-refractivity contribution < 1.29 is 14.4 Å². The summed E-state index contributed by atoms with van der Waals surface area (Å²) in [4.78, 5) is 4.13. The first-order chi connectivity index (χ1) is 6.76. The van der Waals surface area contributed by atoms with E-state index in [9.17, 15) is 5.11 Å². The summed E-state index contributed by atoms with van der Waals surface area (Å²) in [6, 6.07) is 0. The molecular formula is C9H16N2O3. The van der Waals surface area contributed by atoms with Gasteiger partial charge in [-0.3, -0.25) is 0 Å². The standard InChI is InChI=1S/C9H16N2O3/c1-3-4-8-10-9(14-11-8)5-7(12)6-13-2/h7,12H,3-6H2,1-2H3. The van der Waals surface area contributed by atoms with Crippen molar-refractivity contribution in [1.82, 2.24) is 10.1 Å². The molecule has 0 aromatic carbocycles. The molecular weight excluding hydrogens is 184 g/mol. The number of ether oxygens (including phenoxy) is 1. The molecule has 1 aromatic heterocycles. The van der Waals surface area contributed by atoms with Crippen LogP contribution >= 0.6 is 0 Å². The number of methoxy groups -OCH3 is 1. The summed E-state index contributed by atoms with van der Waals surface area (Å²) in [5.74, 6) is 1.17. The predicted molar refractivity (Wildman–Crippen MR) is 49.9 cm³/mol. The van der Waals surface area contributed by atoms with E-state index in [-0.39, 0.29) is 6.61 Å². The molecule has 0 spiro atoms. The fourth-order valence-electron chi connectivity index (χ4n) is 1.15. The molecule has 14 heavy (non-hydrogen) atoms. The Hall–Kier alpha value is -0.940. The lowest BCUT2D eigenvalue weighted by atomic mass is 10.2. The van der Waals surface area contributed by atoms with E-state index in [1.165, 1.54) is 0 Å². The number of hydrogen-bond acceptors (Lipinski definition) is 5. The van der Waals surface area contributed by atoms with E-state index < -0.39 is 6.10 Å². The van der Waals surface area contributed by atoms with Crippen molar-refractivity contribution in [3.05, 3.63) is 11.7 Å². The van der Waals surface area contributed by atoms with Crippen LogP contribution in [-0.4, -0.2) is 35.1 Å². The molecule has 0 amide bonds. The molecule has 0 saturated heterocycles. The molecule has 0 bridgehead atoms. The molecule has 0 aliphatic heterocycles. The highest BCUT2D eigenvalue weighted by Gasteiger charge is 2.11. The molecule has 1 aromatic rings. The Morgan fingerprint density at radius 3 is 3.00 bits per heavy atom. The van der Waals surface area contributed by atoms with E-state index in [4.69, 9.17) is 9.26 Å². The molecule has 0 fully saturated rings. The minimum Gasteiger partial charge on any atom is -0.390 e. The van der Waals surface area contributed by atoms with Crippen LogP contribution in [0.4, 0.5) is 0 Å². The van der Waals surface area contributed by atoms with Crippen molar-refractivity contribution in [2.45, 2.75) is 32.3 Å². The van der Waals surface area contributed by atoms with E-state index in [0.717, 1.165) is 12.8 Å². The molecule has 0 saturated carbocycles. The van der Waals surface area contributed by atoms with Crippen molar-refractivity contribution in [3.63, 3.8) is 0 Å². The maximum absolute atomic E-state index is 9.39. The second kappa shape index (κ2) is 5.72. The smallest absolute Gasteiger partial charge is 0.229 e. The maximum atomic E-state index is 9.39. The number of nitrogens with zero attached hydrogens (tertiary/aromatic N) is 2. The molecule has 1 N–H and O–H groups in total. The molecule has 1 atom stereocenters. The fraction of sp³-hybridized carbons (Fsp3) is 0.778. The average Bonchev–Trinajstić information content (AvgIpc) is 2.53. The van der Waals surface area contributed by atoms with Gasteiger partial charge >= 0.3 is 0 Å². The number of rotatable bonds is 6. The molecule has 80 valence electrons. The SMILES string of the molecule is CCCc1noc(CC(O)COC)n1. The van der Waals surface area contributed by atoms with Crippen LogP contribution in [0, 0.1) is 0 Å². The molecule has 5 heteroatoms. The highest BCUT2D eigenvalue weighted by molar-refractivity contribution is 4.87. The Morgan fingerprint density at radius 1 is 1.57 bits per heavy atom. The van der Waals surface area contributed by atoms with Crippen LogP contribution in [0.2, 0.25) is 0 Å². The second-order valence-corrected chi connectivity index (χ2v) is 3.17. The predicted octanol–water partition coefficient (Wildman–Crippen LogP) is 0.572. The van der Waals surface area contributed by atoms with Gasteiger partial charge < -0.3 is 14.4 Å². The number of aliphatic hydroxyl groups excluding tert-OH is 1. The molecule has 5 nitrogen and oxygen atoms in total. The van der Waals surface area contributed by atoms with Gasteiger partial charge in [0.2, 0.25) is 5.89 Å². The third-order valence-electron chi connectivity index (χ3n) is 1.75. The Bertz CT molecular complexity index is 262. The summed E-state index contributed by atoms with van der Waals surface area (Å²) in [6.07, 6.45) is 1.57. The first kappa shape index (κ1) is 11.1. The molecule has 0 radical (unpaired) electrons. The van der Waals surface area contributed by atoms with Crippen molar-refractivity contribution in [3.8, 4) is 0 Å². The first-order valence-corrected chi connectivity index (χ1v) is 4.74. The van der Waals surface area contributed by atoms with E-state index >= 15 is 0 Å². The van der Waals surface area contributed by atoms with Crippen LogP contribution < -0.4 is 0 Å². The Labute approximate surface area is 83.1 Å². The summed E-state index contributed by atoms with van der Waals surface area (Å²) in [5, 5.41) is 13.2. The molecule has 0 aliphatic carbocycles. The second-order valence-electron chi connectivity index (χ2n) is 3.17. The first-order valence-electron chi connectivity index (χ1n) is 4.74. The normalized spacial score (nSPS) is 13.1. The number of aliphatic hydroxyl groups is 1. The summed E-state index contributed by atoms with van der Waals surface area (Å²) >= 11 is 0. The van der Waals surface area contributed by atoms with Crippen molar-refractivity contribution in [2.75, 3.05) is 13.7 Å². The zero-order valence-corrected chi connectivity index (χ0v) is 8.56. The van der Waals surface area contributed by atoms with Crippen LogP contribution in [-0.2, 0) is 17.6 Å². The molecule has 1 unspecified atom stereocenters. The summed E-state index contributed by atoms with van der Waals surface area (Å²) in [5.41, 5.74) is 0. The van der Waals surface area contributed by atoms with Crippen molar-refractivity contribution in [1.29, 1.82) is 0 Å². The summed E-state index contributed by atoms with van der Waals surface area (Å²) < 4.78 is 9.75. The maximum Gasteiger partial charge on any atom is 0.229 e. The Morgan fingerprint density at radius 2 is 2.36 bits per heavy atom. The topological polar surface area (TPSA) is 68.4 Å². The molecule has 0 aliphatic rings. The average molecular weight is 200 g/mol. The van der Waals surface area contributed by atoms with Gasteiger partial charge in [0, 0.05) is 13.5 Å². The highest BCUT2D eigenvalue weighted by atomic mass is 16.5. The number of aryl methyl sites for hydroxylation is 1. The van der Waals surface area contributed by atoms with Gasteiger partial charge in [-0.2, -0.15) is 4.98 Å². The van der Waals surface area contributed by atoms with Crippen LogP contribution in [0.5, 0.6) is 0 Å². The summed E-state index contributed by atoms with van der Waals surface area (Å²) in [6.45, 7) is 2.33. The van der Waals surface area contributed by atoms with Gasteiger partial charge in [-0.05, 0) is 6.42 Å². The largest absolute Gasteiger partial charge is 0.390 e. The zero-order valence-electron chi connectivity index (χ0n) is 8.56. The van der Waals surface area contributed by atoms with Crippen LogP contribution in [0.3, 0.4) is 0 Å². The van der Waals surface area contributed by atoms with E-state index in [0.29, 0.717) is 18.1 Å².